The molecule has 1 aromatic carbocycles. The molecule has 1 atom stereocenters. The topological polar surface area (TPSA) is 88.7 Å². The molecule has 0 radical (unpaired) electrons. The molecule has 0 unspecified atom stereocenters. The average molecular weight is 504 g/mol. The van der Waals surface area contributed by atoms with Crippen molar-refractivity contribution >= 4 is 35.1 Å². The van der Waals surface area contributed by atoms with E-state index in [9.17, 15) is 14.7 Å². The smallest absolute Gasteiger partial charge is 0.326 e. The monoisotopic (exact) mass is 503 g/mol. The van der Waals surface area contributed by atoms with Gasteiger partial charge in [0.15, 0.2) is 0 Å². The molecule has 1 aliphatic heterocycles. The van der Waals surface area contributed by atoms with Gasteiger partial charge in [-0.15, -0.1) is 0 Å². The molecule has 0 saturated carbocycles. The Balaban J connectivity index is 1.30. The number of nitrogens with zero attached hydrogens (tertiary/aromatic N) is 2. The summed E-state index contributed by atoms with van der Waals surface area (Å²) in [4.78, 5) is 30.4. The third kappa shape index (κ3) is 6.29. The molecule has 2 aliphatic rings. The Hall–Kier alpha value is -2.61. The summed E-state index contributed by atoms with van der Waals surface area (Å²) in [7, 11) is 0. The summed E-state index contributed by atoms with van der Waals surface area (Å²) in [5.74, 6) is -1.45. The first-order valence-electron chi connectivity index (χ1n) is 11.6. The molecule has 1 saturated heterocycles. The molecule has 34 heavy (non-hydrogen) atoms. The van der Waals surface area contributed by atoms with Gasteiger partial charge in [-0.1, -0.05) is 53.5 Å². The first-order chi connectivity index (χ1) is 16.4. The minimum Gasteiger partial charge on any atom is -0.480 e. The lowest BCUT2D eigenvalue weighted by atomic mass is 9.94. The van der Waals surface area contributed by atoms with E-state index in [1.165, 1.54) is 10.6 Å². The van der Waals surface area contributed by atoms with Crippen LogP contribution >= 0.6 is 23.2 Å². The number of aliphatic carboxylic acids is 1. The lowest BCUT2D eigenvalue weighted by molar-refractivity contribution is -0.868. The van der Waals surface area contributed by atoms with E-state index in [1.54, 1.807) is 6.33 Å². The Morgan fingerprint density at radius 1 is 1.18 bits per heavy atom. The second-order valence-corrected chi connectivity index (χ2v) is 9.79. The lowest BCUT2D eigenvalue weighted by Crippen LogP contribution is -3.11. The van der Waals surface area contributed by atoms with Gasteiger partial charge in [0.05, 0.1) is 30.1 Å². The van der Waals surface area contributed by atoms with Crippen LogP contribution in [0.2, 0.25) is 0 Å². The van der Waals surface area contributed by atoms with E-state index in [0.29, 0.717) is 35.1 Å². The molecule has 180 valence electrons. The van der Waals surface area contributed by atoms with Gasteiger partial charge < -0.3 is 19.9 Å². The van der Waals surface area contributed by atoms with Crippen LogP contribution in [0.3, 0.4) is 0 Å². The van der Waals surface area contributed by atoms with Crippen LogP contribution in [0.1, 0.15) is 36.9 Å². The normalized spacial score (nSPS) is 21.6. The van der Waals surface area contributed by atoms with Gasteiger partial charge in [-0.05, 0) is 12.0 Å². The van der Waals surface area contributed by atoms with Crippen LogP contribution in [0.4, 0.5) is 0 Å². The Morgan fingerprint density at radius 2 is 1.91 bits per heavy atom. The van der Waals surface area contributed by atoms with E-state index in [0.717, 1.165) is 31.5 Å². The molecule has 0 spiro atoms. The van der Waals surface area contributed by atoms with E-state index in [1.807, 2.05) is 47.2 Å². The number of imidazole rings is 1. The van der Waals surface area contributed by atoms with E-state index < -0.39 is 12.0 Å². The number of likely N-dealkylation sites (tertiary alicyclic amines) is 1. The van der Waals surface area contributed by atoms with E-state index in [2.05, 4.69) is 10.3 Å². The highest BCUT2D eigenvalue weighted by atomic mass is 35.5. The van der Waals surface area contributed by atoms with Crippen LogP contribution < -0.4 is 10.2 Å². The molecular weight excluding hydrogens is 475 g/mol. The van der Waals surface area contributed by atoms with Crippen molar-refractivity contribution in [1.82, 2.24) is 14.9 Å². The van der Waals surface area contributed by atoms with Crippen molar-refractivity contribution in [2.45, 2.75) is 44.7 Å². The molecule has 1 aromatic heterocycles. The standard InChI is InChI=1S/C25H28Cl2N4O3/c26-21-7-6-20(13-22(21)27)31-10-8-18(9-11-31)24(32)29-23(25(33)34)12-19-15-30(16-28-19)14-17-4-2-1-3-5-17/h1-5,13,15-16,18,23H,6-12,14H2,(H,29,32)(H,33,34)/p+1/t23-/m0/s1. The van der Waals surface area contributed by atoms with Gasteiger partial charge in [-0.2, -0.15) is 0 Å². The number of carbonyl (C=O) groups is 2. The van der Waals surface area contributed by atoms with Gasteiger partial charge in [0.1, 0.15) is 11.7 Å². The second-order valence-electron chi connectivity index (χ2n) is 8.93. The summed E-state index contributed by atoms with van der Waals surface area (Å²) >= 11 is 12.3. The average Bonchev–Trinajstić information content (AvgIpc) is 3.27. The Kier molecular flexibility index (Phi) is 8.08. The molecule has 9 heteroatoms. The summed E-state index contributed by atoms with van der Waals surface area (Å²) < 4.78 is 1.92. The Bertz CT molecular complexity index is 1090. The fraction of sp³-hybridized carbons (Fsp3) is 0.400. The molecule has 4 rings (SSSR count). The molecular formula is C25H29Cl2N4O3+. The molecule has 1 aliphatic carbocycles. The van der Waals surface area contributed by atoms with Crippen molar-refractivity contribution < 1.29 is 19.6 Å². The highest BCUT2D eigenvalue weighted by molar-refractivity contribution is 6.40. The van der Waals surface area contributed by atoms with Crippen LogP contribution in [0.15, 0.2) is 64.7 Å². The molecule has 7 nitrogen and oxygen atoms in total. The van der Waals surface area contributed by atoms with Crippen molar-refractivity contribution in [3.63, 3.8) is 0 Å². The minimum atomic E-state index is -1.06. The van der Waals surface area contributed by atoms with Crippen LogP contribution in [0, 0.1) is 5.92 Å². The van der Waals surface area contributed by atoms with Crippen LogP contribution in [0.25, 0.3) is 0 Å². The summed E-state index contributed by atoms with van der Waals surface area (Å²) in [6, 6.07) is 8.96. The van der Waals surface area contributed by atoms with Crippen molar-refractivity contribution in [3.8, 4) is 0 Å². The summed E-state index contributed by atoms with van der Waals surface area (Å²) in [5, 5.41) is 13.7. The Morgan fingerprint density at radius 3 is 2.59 bits per heavy atom. The largest absolute Gasteiger partial charge is 0.480 e. The Labute approximate surface area is 209 Å². The van der Waals surface area contributed by atoms with E-state index in [-0.39, 0.29) is 18.2 Å². The molecule has 2 heterocycles. The van der Waals surface area contributed by atoms with Gasteiger partial charge >= 0.3 is 5.97 Å². The highest BCUT2D eigenvalue weighted by Crippen LogP contribution is 2.27. The molecule has 0 bridgehead atoms. The fourth-order valence-electron chi connectivity index (χ4n) is 4.59. The summed E-state index contributed by atoms with van der Waals surface area (Å²) in [5.41, 5.74) is 2.99. The van der Waals surface area contributed by atoms with Crippen LogP contribution in [0.5, 0.6) is 0 Å². The number of quaternary nitrogens is 1. The number of benzene rings is 1. The van der Waals surface area contributed by atoms with Gasteiger partial charge in [0.25, 0.3) is 0 Å². The van der Waals surface area contributed by atoms with Gasteiger partial charge in [-0.3, -0.25) is 4.79 Å². The summed E-state index contributed by atoms with van der Waals surface area (Å²) in [6.07, 6.45) is 8.64. The first kappa shape index (κ1) is 24.5. The summed E-state index contributed by atoms with van der Waals surface area (Å²) in [6.45, 7) is 2.28. The third-order valence-electron chi connectivity index (χ3n) is 6.51. The lowest BCUT2D eigenvalue weighted by Gasteiger charge is -2.31. The maximum Gasteiger partial charge on any atom is 0.326 e. The third-order valence-corrected chi connectivity index (χ3v) is 7.34. The van der Waals surface area contributed by atoms with Crippen molar-refractivity contribution in [2.24, 2.45) is 5.92 Å². The first-order valence-corrected chi connectivity index (χ1v) is 12.3. The number of amides is 1. The van der Waals surface area contributed by atoms with Gasteiger partial charge in [0.2, 0.25) is 5.91 Å². The predicted molar refractivity (Wildman–Crippen MR) is 131 cm³/mol. The SMILES string of the molecule is O=C(N[C@@H](Cc1cn(Cc2ccccc2)cn1)C(=O)O)C1CC[NH+](C2=CC(Cl)=C(Cl)CC2)CC1. The number of rotatable bonds is 8. The molecule has 2 aromatic rings. The fourth-order valence-corrected chi connectivity index (χ4v) is 4.96. The zero-order valence-electron chi connectivity index (χ0n) is 18.8. The van der Waals surface area contributed by atoms with Crippen molar-refractivity contribution in [3.05, 3.63) is 76.0 Å². The minimum absolute atomic E-state index is 0.144. The van der Waals surface area contributed by atoms with Gasteiger partial charge in [0, 0.05) is 55.5 Å². The zero-order valence-corrected chi connectivity index (χ0v) is 20.4. The number of aromatic nitrogens is 2. The van der Waals surface area contributed by atoms with Crippen molar-refractivity contribution in [1.29, 1.82) is 0 Å². The molecule has 1 fully saturated rings. The number of carboxylic acids is 1. The number of carbonyl (C=O) groups excluding carboxylic acids is 1. The maximum atomic E-state index is 12.9. The number of hydrogen-bond donors (Lipinski definition) is 3. The van der Waals surface area contributed by atoms with E-state index in [4.69, 9.17) is 23.2 Å². The number of piperidine rings is 1. The second kappa shape index (κ2) is 11.2. The zero-order chi connectivity index (χ0) is 24.1. The number of nitrogens with one attached hydrogen (secondary N) is 2. The van der Waals surface area contributed by atoms with Crippen molar-refractivity contribution in [2.75, 3.05) is 13.1 Å². The molecule has 1 amide bonds. The van der Waals surface area contributed by atoms with Crippen LogP contribution in [-0.2, 0) is 22.6 Å². The molecule has 3 N–H and O–H groups in total. The number of carboxylic acid groups (broad SMARTS) is 1. The quantitative estimate of drug-likeness (QED) is 0.516. The number of allylic oxidation sites excluding steroid dienone is 4. The maximum absolute atomic E-state index is 12.9. The number of halogens is 2. The van der Waals surface area contributed by atoms with Gasteiger partial charge in [-0.25, -0.2) is 9.78 Å². The van der Waals surface area contributed by atoms with Crippen LogP contribution in [-0.4, -0.2) is 45.7 Å². The predicted octanol–water partition coefficient (Wildman–Crippen LogP) is 2.71. The van der Waals surface area contributed by atoms with E-state index >= 15 is 0 Å². The highest BCUT2D eigenvalue weighted by Gasteiger charge is 2.32. The number of hydrogen-bond acceptors (Lipinski definition) is 3.